The quantitative estimate of drug-likeness (QED) is 0.631. The maximum absolute atomic E-state index is 3.81. The van der Waals surface area contributed by atoms with E-state index < -0.39 is 0 Å². The van der Waals surface area contributed by atoms with Gasteiger partial charge in [0.15, 0.2) is 0 Å². The highest BCUT2D eigenvalue weighted by Gasteiger charge is 2.33. The summed E-state index contributed by atoms with van der Waals surface area (Å²) >= 11 is 0. The molecule has 0 aromatic carbocycles. The summed E-state index contributed by atoms with van der Waals surface area (Å²) in [6, 6.07) is 0.676. The van der Waals surface area contributed by atoms with Gasteiger partial charge in [-0.3, -0.25) is 0 Å². The second kappa shape index (κ2) is 8.97. The van der Waals surface area contributed by atoms with Crippen molar-refractivity contribution in [2.75, 3.05) is 20.6 Å². The van der Waals surface area contributed by atoms with Crippen molar-refractivity contribution >= 4 is 0 Å². The smallest absolute Gasteiger partial charge is 0.0327 e. The molecule has 1 unspecified atom stereocenters. The van der Waals surface area contributed by atoms with Gasteiger partial charge in [-0.1, -0.05) is 51.9 Å². The number of nitrogens with one attached hydrogen (secondary N) is 1. The predicted molar refractivity (Wildman–Crippen MR) is 85.7 cm³/mol. The number of unbranched alkanes of at least 4 members (excludes halogenated alkanes) is 3. The van der Waals surface area contributed by atoms with Gasteiger partial charge in [0.2, 0.25) is 0 Å². The van der Waals surface area contributed by atoms with E-state index >= 15 is 0 Å². The van der Waals surface area contributed by atoms with E-state index in [0.29, 0.717) is 11.6 Å². The van der Waals surface area contributed by atoms with Crippen molar-refractivity contribution in [1.29, 1.82) is 0 Å². The lowest BCUT2D eigenvalue weighted by Gasteiger charge is -2.44. The molecule has 0 saturated heterocycles. The number of nitrogens with zero attached hydrogens (tertiary/aromatic N) is 1. The Morgan fingerprint density at radius 3 is 2.32 bits per heavy atom. The van der Waals surface area contributed by atoms with Crippen LogP contribution in [0.3, 0.4) is 0 Å². The van der Waals surface area contributed by atoms with Gasteiger partial charge >= 0.3 is 0 Å². The fourth-order valence-corrected chi connectivity index (χ4v) is 3.34. The molecule has 2 nitrogen and oxygen atoms in total. The summed E-state index contributed by atoms with van der Waals surface area (Å²) in [6.07, 6.45) is 13.9. The van der Waals surface area contributed by atoms with E-state index in [1.54, 1.807) is 0 Å². The largest absolute Gasteiger partial charge is 0.312 e. The molecule has 1 rings (SSSR count). The van der Waals surface area contributed by atoms with Crippen LogP contribution in [-0.4, -0.2) is 37.1 Å². The lowest BCUT2D eigenvalue weighted by molar-refractivity contribution is 0.0953. The molecule has 0 aliphatic heterocycles. The number of likely N-dealkylation sites (N-methyl/N-ethyl adjacent to an activating group) is 1. The monoisotopic (exact) mass is 268 g/mol. The summed E-state index contributed by atoms with van der Waals surface area (Å²) in [5, 5.41) is 3.81. The van der Waals surface area contributed by atoms with Crippen LogP contribution in [0.1, 0.15) is 78.1 Å². The Labute approximate surface area is 121 Å². The first-order valence-corrected chi connectivity index (χ1v) is 8.51. The Morgan fingerprint density at radius 1 is 1.05 bits per heavy atom. The van der Waals surface area contributed by atoms with Gasteiger partial charge in [-0.05, 0) is 40.3 Å². The Bertz CT molecular complexity index is 219. The first kappa shape index (κ1) is 17.0. The first-order chi connectivity index (χ1) is 9.10. The fraction of sp³-hybridized carbons (Fsp3) is 1.00. The van der Waals surface area contributed by atoms with Gasteiger partial charge in [-0.25, -0.2) is 0 Å². The minimum Gasteiger partial charge on any atom is -0.312 e. The van der Waals surface area contributed by atoms with Crippen LogP contribution in [-0.2, 0) is 0 Å². The molecule has 0 amide bonds. The summed E-state index contributed by atoms with van der Waals surface area (Å²) in [6.45, 7) is 5.82. The van der Waals surface area contributed by atoms with Crippen LogP contribution in [0.2, 0.25) is 0 Å². The Hall–Kier alpha value is -0.0800. The normalized spacial score (nSPS) is 20.7. The van der Waals surface area contributed by atoms with Gasteiger partial charge in [0.25, 0.3) is 0 Å². The molecule has 2 heteroatoms. The second-order valence-electron chi connectivity index (χ2n) is 6.81. The minimum atomic E-state index is 0.427. The molecular formula is C17H36N2. The summed E-state index contributed by atoms with van der Waals surface area (Å²) in [4.78, 5) is 2.48. The van der Waals surface area contributed by atoms with Crippen molar-refractivity contribution < 1.29 is 0 Å². The van der Waals surface area contributed by atoms with Crippen LogP contribution >= 0.6 is 0 Å². The van der Waals surface area contributed by atoms with E-state index in [2.05, 4.69) is 38.2 Å². The second-order valence-corrected chi connectivity index (χ2v) is 6.81. The molecule has 1 aliphatic rings. The summed E-state index contributed by atoms with van der Waals surface area (Å²) in [5.41, 5.74) is 0.427. The maximum atomic E-state index is 3.81. The molecule has 1 aliphatic carbocycles. The zero-order chi connectivity index (χ0) is 14.1. The summed E-state index contributed by atoms with van der Waals surface area (Å²) in [5.74, 6) is 0. The van der Waals surface area contributed by atoms with Gasteiger partial charge in [0.05, 0.1) is 0 Å². The highest BCUT2D eigenvalue weighted by molar-refractivity contribution is 4.93. The third-order valence-corrected chi connectivity index (χ3v) is 5.00. The van der Waals surface area contributed by atoms with Crippen LogP contribution in [0.15, 0.2) is 0 Å². The van der Waals surface area contributed by atoms with Crippen molar-refractivity contribution in [2.24, 2.45) is 0 Å². The average Bonchev–Trinajstić information content (AvgIpc) is 2.42. The van der Waals surface area contributed by atoms with Crippen molar-refractivity contribution in [3.63, 3.8) is 0 Å². The van der Waals surface area contributed by atoms with Gasteiger partial charge in [0, 0.05) is 18.1 Å². The number of hydrogen-bond donors (Lipinski definition) is 1. The van der Waals surface area contributed by atoms with Gasteiger partial charge in [-0.2, -0.15) is 0 Å². The predicted octanol–water partition coefficient (Wildman–Crippen LogP) is 4.20. The highest BCUT2D eigenvalue weighted by atomic mass is 15.2. The SMILES string of the molecule is CCCCCCC(C)NCC1(N(C)C)CCCCC1. The van der Waals surface area contributed by atoms with Gasteiger partial charge in [0.1, 0.15) is 0 Å². The molecule has 0 spiro atoms. The molecule has 1 saturated carbocycles. The standard InChI is InChI=1S/C17H36N2/c1-5-6-7-9-12-16(2)18-15-17(19(3)4)13-10-8-11-14-17/h16,18H,5-15H2,1-4H3. The lowest BCUT2D eigenvalue weighted by atomic mass is 9.80. The molecule has 0 bridgehead atoms. The van der Waals surface area contributed by atoms with Crippen molar-refractivity contribution in [3.05, 3.63) is 0 Å². The molecule has 1 atom stereocenters. The van der Waals surface area contributed by atoms with Gasteiger partial charge < -0.3 is 10.2 Å². The molecule has 0 aromatic rings. The van der Waals surface area contributed by atoms with Crippen LogP contribution < -0.4 is 5.32 Å². The molecule has 0 aromatic heterocycles. The third kappa shape index (κ3) is 5.83. The van der Waals surface area contributed by atoms with Crippen molar-refractivity contribution in [1.82, 2.24) is 10.2 Å². The molecule has 0 heterocycles. The van der Waals surface area contributed by atoms with Crippen molar-refractivity contribution in [2.45, 2.75) is 89.6 Å². The summed E-state index contributed by atoms with van der Waals surface area (Å²) < 4.78 is 0. The number of hydrogen-bond acceptors (Lipinski definition) is 2. The van der Waals surface area contributed by atoms with E-state index in [9.17, 15) is 0 Å². The Morgan fingerprint density at radius 2 is 1.74 bits per heavy atom. The van der Waals surface area contributed by atoms with Crippen LogP contribution in [0.4, 0.5) is 0 Å². The first-order valence-electron chi connectivity index (χ1n) is 8.51. The van der Waals surface area contributed by atoms with E-state index in [1.165, 1.54) is 70.8 Å². The van der Waals surface area contributed by atoms with Crippen LogP contribution in [0.25, 0.3) is 0 Å². The molecule has 1 fully saturated rings. The Kier molecular flexibility index (Phi) is 8.01. The molecular weight excluding hydrogens is 232 g/mol. The van der Waals surface area contributed by atoms with E-state index in [0.717, 1.165) is 0 Å². The third-order valence-electron chi connectivity index (χ3n) is 5.00. The molecule has 1 N–H and O–H groups in total. The van der Waals surface area contributed by atoms with Crippen LogP contribution in [0, 0.1) is 0 Å². The Balaban J connectivity index is 2.27. The zero-order valence-corrected chi connectivity index (χ0v) is 13.8. The highest BCUT2D eigenvalue weighted by Crippen LogP contribution is 2.31. The van der Waals surface area contributed by atoms with Crippen LogP contribution in [0.5, 0.6) is 0 Å². The van der Waals surface area contributed by atoms with Crippen molar-refractivity contribution in [3.8, 4) is 0 Å². The molecule has 0 radical (unpaired) electrons. The zero-order valence-electron chi connectivity index (χ0n) is 13.8. The number of rotatable bonds is 9. The van der Waals surface area contributed by atoms with E-state index in [4.69, 9.17) is 0 Å². The maximum Gasteiger partial charge on any atom is 0.0327 e. The molecule has 19 heavy (non-hydrogen) atoms. The fourth-order valence-electron chi connectivity index (χ4n) is 3.34. The topological polar surface area (TPSA) is 15.3 Å². The van der Waals surface area contributed by atoms with E-state index in [1.807, 2.05) is 0 Å². The lowest BCUT2D eigenvalue weighted by Crippen LogP contribution is -2.54. The van der Waals surface area contributed by atoms with Gasteiger partial charge in [-0.15, -0.1) is 0 Å². The average molecular weight is 268 g/mol. The van der Waals surface area contributed by atoms with E-state index in [-0.39, 0.29) is 0 Å². The minimum absolute atomic E-state index is 0.427. The molecule has 114 valence electrons. The summed E-state index contributed by atoms with van der Waals surface area (Å²) in [7, 11) is 4.53.